The van der Waals surface area contributed by atoms with Crippen LogP contribution in [0.5, 0.6) is 0 Å². The Balaban J connectivity index is 2.16. The smallest absolute Gasteiger partial charge is 0.252 e. The molecule has 0 saturated heterocycles. The molecule has 0 bridgehead atoms. The summed E-state index contributed by atoms with van der Waals surface area (Å²) in [5, 5.41) is 3.16. The Bertz CT molecular complexity index is 424. The standard InChI is InChI=1S/C15H20ClNO/c1-2-12-7-3-4-8-13(12)14(18)17-15(11-16)9-5-6-10-15/h3-4,7-8H,2,5-6,9-11H2,1H3,(H,17,18). The first-order valence-electron chi connectivity index (χ1n) is 6.67. The molecule has 1 saturated carbocycles. The van der Waals surface area contributed by atoms with Gasteiger partial charge in [-0.25, -0.2) is 0 Å². The summed E-state index contributed by atoms with van der Waals surface area (Å²) in [6.07, 6.45) is 5.18. The zero-order valence-corrected chi connectivity index (χ0v) is 11.6. The first-order chi connectivity index (χ1) is 8.71. The van der Waals surface area contributed by atoms with Crippen molar-refractivity contribution in [3.05, 3.63) is 35.4 Å². The summed E-state index contributed by atoms with van der Waals surface area (Å²) in [4.78, 5) is 12.4. The van der Waals surface area contributed by atoms with Crippen molar-refractivity contribution in [3.63, 3.8) is 0 Å². The molecule has 98 valence electrons. The van der Waals surface area contributed by atoms with E-state index in [1.165, 1.54) is 0 Å². The lowest BCUT2D eigenvalue weighted by molar-refractivity contribution is 0.0908. The van der Waals surface area contributed by atoms with Crippen LogP contribution in [0.25, 0.3) is 0 Å². The summed E-state index contributed by atoms with van der Waals surface area (Å²) in [6, 6.07) is 7.79. The van der Waals surface area contributed by atoms with E-state index in [0.29, 0.717) is 5.88 Å². The minimum absolute atomic E-state index is 0.0231. The highest BCUT2D eigenvalue weighted by molar-refractivity contribution is 6.19. The third kappa shape index (κ3) is 2.69. The zero-order chi connectivity index (χ0) is 13.0. The second kappa shape index (κ2) is 5.75. The molecule has 0 spiro atoms. The molecule has 1 amide bonds. The van der Waals surface area contributed by atoms with Crippen molar-refractivity contribution in [1.82, 2.24) is 5.32 Å². The van der Waals surface area contributed by atoms with Crippen molar-refractivity contribution in [2.75, 3.05) is 5.88 Å². The molecule has 2 nitrogen and oxygen atoms in total. The Morgan fingerprint density at radius 2 is 2.00 bits per heavy atom. The summed E-state index contributed by atoms with van der Waals surface area (Å²) >= 11 is 6.06. The number of aryl methyl sites for hydroxylation is 1. The molecule has 0 atom stereocenters. The van der Waals surface area contributed by atoms with Crippen molar-refractivity contribution in [3.8, 4) is 0 Å². The molecule has 1 aromatic rings. The first-order valence-corrected chi connectivity index (χ1v) is 7.20. The molecule has 0 unspecified atom stereocenters. The van der Waals surface area contributed by atoms with Gasteiger partial charge in [0.15, 0.2) is 0 Å². The van der Waals surface area contributed by atoms with Gasteiger partial charge in [0, 0.05) is 11.4 Å². The number of nitrogens with one attached hydrogen (secondary N) is 1. The van der Waals surface area contributed by atoms with Crippen LogP contribution in [0.3, 0.4) is 0 Å². The number of amides is 1. The number of hydrogen-bond acceptors (Lipinski definition) is 1. The minimum atomic E-state index is -0.181. The predicted molar refractivity (Wildman–Crippen MR) is 75.2 cm³/mol. The van der Waals surface area contributed by atoms with Gasteiger partial charge in [-0.15, -0.1) is 11.6 Å². The second-order valence-corrected chi connectivity index (χ2v) is 5.35. The fourth-order valence-corrected chi connectivity index (χ4v) is 3.04. The van der Waals surface area contributed by atoms with Crippen LogP contribution in [-0.4, -0.2) is 17.3 Å². The quantitative estimate of drug-likeness (QED) is 0.829. The van der Waals surface area contributed by atoms with E-state index in [-0.39, 0.29) is 11.4 Å². The van der Waals surface area contributed by atoms with E-state index in [4.69, 9.17) is 11.6 Å². The molecule has 3 heteroatoms. The average Bonchev–Trinajstić information content (AvgIpc) is 2.87. The van der Waals surface area contributed by atoms with Crippen LogP contribution in [0.15, 0.2) is 24.3 Å². The normalized spacial score (nSPS) is 17.7. The summed E-state index contributed by atoms with van der Waals surface area (Å²) in [5.41, 5.74) is 1.70. The first kappa shape index (κ1) is 13.4. The van der Waals surface area contributed by atoms with Crippen LogP contribution in [0.4, 0.5) is 0 Å². The average molecular weight is 266 g/mol. The van der Waals surface area contributed by atoms with E-state index in [2.05, 4.69) is 12.2 Å². The monoisotopic (exact) mass is 265 g/mol. The van der Waals surface area contributed by atoms with Gasteiger partial charge in [-0.05, 0) is 30.9 Å². The summed E-state index contributed by atoms with van der Waals surface area (Å²) < 4.78 is 0. The Kier molecular flexibility index (Phi) is 4.28. The van der Waals surface area contributed by atoms with Crippen LogP contribution in [0, 0.1) is 0 Å². The maximum Gasteiger partial charge on any atom is 0.252 e. The van der Waals surface area contributed by atoms with E-state index in [0.717, 1.165) is 43.2 Å². The van der Waals surface area contributed by atoms with E-state index >= 15 is 0 Å². The third-order valence-corrected chi connectivity index (χ3v) is 4.35. The summed E-state index contributed by atoms with van der Waals surface area (Å²) in [7, 11) is 0. The molecule has 1 aromatic carbocycles. The second-order valence-electron chi connectivity index (χ2n) is 5.09. The van der Waals surface area contributed by atoms with E-state index in [1.54, 1.807) is 0 Å². The van der Waals surface area contributed by atoms with Crippen molar-refractivity contribution in [2.24, 2.45) is 0 Å². The van der Waals surface area contributed by atoms with Gasteiger partial charge in [0.05, 0.1) is 5.54 Å². The van der Waals surface area contributed by atoms with Crippen LogP contribution in [-0.2, 0) is 6.42 Å². The minimum Gasteiger partial charge on any atom is -0.345 e. The molecule has 0 heterocycles. The van der Waals surface area contributed by atoms with Crippen molar-refractivity contribution >= 4 is 17.5 Å². The van der Waals surface area contributed by atoms with E-state index in [9.17, 15) is 4.79 Å². The number of benzene rings is 1. The van der Waals surface area contributed by atoms with Crippen molar-refractivity contribution in [2.45, 2.75) is 44.6 Å². The number of carbonyl (C=O) groups excluding carboxylic acids is 1. The topological polar surface area (TPSA) is 29.1 Å². The molecule has 0 aromatic heterocycles. The number of halogens is 1. The number of alkyl halides is 1. The third-order valence-electron chi connectivity index (χ3n) is 3.84. The van der Waals surface area contributed by atoms with Crippen LogP contribution < -0.4 is 5.32 Å². The highest BCUT2D eigenvalue weighted by Gasteiger charge is 2.34. The van der Waals surface area contributed by atoms with Crippen LogP contribution in [0.2, 0.25) is 0 Å². The Morgan fingerprint density at radius 1 is 1.33 bits per heavy atom. The largest absolute Gasteiger partial charge is 0.345 e. The lowest BCUT2D eigenvalue weighted by atomic mass is 9.98. The Labute approximate surface area is 114 Å². The SMILES string of the molecule is CCc1ccccc1C(=O)NC1(CCl)CCCC1. The number of hydrogen-bond donors (Lipinski definition) is 1. The highest BCUT2D eigenvalue weighted by atomic mass is 35.5. The van der Waals surface area contributed by atoms with Gasteiger partial charge in [-0.2, -0.15) is 0 Å². The zero-order valence-electron chi connectivity index (χ0n) is 10.8. The Hall–Kier alpha value is -1.02. The van der Waals surface area contributed by atoms with Crippen molar-refractivity contribution in [1.29, 1.82) is 0 Å². The predicted octanol–water partition coefficient (Wildman–Crippen LogP) is 3.53. The summed E-state index contributed by atoms with van der Waals surface area (Å²) in [6.45, 7) is 2.07. The summed E-state index contributed by atoms with van der Waals surface area (Å²) in [5.74, 6) is 0.530. The molecule has 1 N–H and O–H groups in total. The van der Waals surface area contributed by atoms with Crippen LogP contribution >= 0.6 is 11.6 Å². The molecule has 18 heavy (non-hydrogen) atoms. The number of rotatable bonds is 4. The molecular weight excluding hydrogens is 246 g/mol. The van der Waals surface area contributed by atoms with E-state index in [1.807, 2.05) is 24.3 Å². The van der Waals surface area contributed by atoms with Crippen molar-refractivity contribution < 1.29 is 4.79 Å². The molecule has 1 fully saturated rings. The molecule has 2 rings (SSSR count). The molecular formula is C15H20ClNO. The molecule has 1 aliphatic carbocycles. The fourth-order valence-electron chi connectivity index (χ4n) is 2.70. The van der Waals surface area contributed by atoms with E-state index < -0.39 is 0 Å². The fraction of sp³-hybridized carbons (Fsp3) is 0.533. The van der Waals surface area contributed by atoms with Gasteiger partial charge in [-0.3, -0.25) is 4.79 Å². The van der Waals surface area contributed by atoms with Gasteiger partial charge in [0.25, 0.3) is 5.91 Å². The lowest BCUT2D eigenvalue weighted by Crippen LogP contribution is -2.48. The molecule has 0 radical (unpaired) electrons. The van der Waals surface area contributed by atoms with Gasteiger partial charge >= 0.3 is 0 Å². The van der Waals surface area contributed by atoms with Gasteiger partial charge in [0.1, 0.15) is 0 Å². The Morgan fingerprint density at radius 3 is 2.61 bits per heavy atom. The molecule has 0 aliphatic heterocycles. The van der Waals surface area contributed by atoms with Crippen LogP contribution in [0.1, 0.15) is 48.5 Å². The maximum absolute atomic E-state index is 12.4. The maximum atomic E-state index is 12.4. The molecule has 1 aliphatic rings. The van der Waals surface area contributed by atoms with Gasteiger partial charge in [-0.1, -0.05) is 38.0 Å². The number of carbonyl (C=O) groups is 1. The van der Waals surface area contributed by atoms with Gasteiger partial charge in [0.2, 0.25) is 0 Å². The van der Waals surface area contributed by atoms with Gasteiger partial charge < -0.3 is 5.32 Å². The highest BCUT2D eigenvalue weighted by Crippen LogP contribution is 2.31. The lowest BCUT2D eigenvalue weighted by Gasteiger charge is -2.28.